The van der Waals surface area contributed by atoms with Crippen molar-refractivity contribution in [3.8, 4) is 0 Å². The Morgan fingerprint density at radius 1 is 0.639 bits per heavy atom. The SMILES string of the molecule is CCCC(CCC)c1nc2cc(N(CC)CC)c(NC(=O)c3cc(F)cc(CCN(CC)c4cc5nc(C(CCC)CCC)[nH]c5cc4NC(=O)c4ccnnc4)c3)cc2[nH]1. The highest BCUT2D eigenvalue weighted by atomic mass is 19.1. The molecule has 0 atom stereocenters. The molecule has 3 aromatic carbocycles. The van der Waals surface area contributed by atoms with E-state index in [1.807, 2.05) is 31.2 Å². The second-order valence-corrected chi connectivity index (χ2v) is 16.0. The van der Waals surface area contributed by atoms with Gasteiger partial charge in [-0.15, -0.1) is 0 Å². The molecule has 6 rings (SSSR count). The number of amides is 2. The standard InChI is InChI=1S/C48H63FN10O2/c1-8-15-32(16-9-2)45-52-37-26-41(43(28-39(37)54-45)58(12-5)13-6)57-48(61)35-23-31(24-36(49)25-35)20-22-59(14-7)44-29-40-38(53-46(55-40)33(17-10-3)18-11-4)27-42(44)56-47(60)34-19-21-50-51-30-34/h19,21,23-30,32-33H,8-18,20,22H2,1-7H3,(H,52,54)(H,53,55)(H,56,60)(H,57,61). The highest BCUT2D eigenvalue weighted by Gasteiger charge is 2.22. The molecule has 0 aliphatic heterocycles. The number of halogens is 1. The van der Waals surface area contributed by atoms with Crippen molar-refractivity contribution in [3.63, 3.8) is 0 Å². The Balaban J connectivity index is 1.28. The maximum atomic E-state index is 15.4. The van der Waals surface area contributed by atoms with Crippen molar-refractivity contribution in [2.45, 2.75) is 118 Å². The quantitative estimate of drug-likeness (QED) is 0.0528. The number of carbonyl (C=O) groups is 2. The molecule has 0 aliphatic carbocycles. The van der Waals surface area contributed by atoms with Crippen molar-refractivity contribution in [2.75, 3.05) is 46.6 Å². The van der Waals surface area contributed by atoms with Crippen LogP contribution in [0.2, 0.25) is 0 Å². The molecular weight excluding hydrogens is 768 g/mol. The van der Waals surface area contributed by atoms with E-state index in [0.29, 0.717) is 53.8 Å². The topological polar surface area (TPSA) is 148 Å². The minimum atomic E-state index is -0.487. The number of nitrogens with zero attached hydrogens (tertiary/aromatic N) is 6. The fraction of sp³-hybridized carbons (Fsp3) is 0.458. The molecule has 6 aromatic rings. The first-order valence-electron chi connectivity index (χ1n) is 22.4. The van der Waals surface area contributed by atoms with Crippen LogP contribution < -0.4 is 20.4 Å². The fourth-order valence-electron chi connectivity index (χ4n) is 8.49. The molecule has 13 heteroatoms. The third-order valence-corrected chi connectivity index (χ3v) is 11.6. The number of anilines is 4. The van der Waals surface area contributed by atoms with Gasteiger partial charge >= 0.3 is 0 Å². The number of likely N-dealkylation sites (N-methyl/N-ethyl adjacent to an activating group) is 1. The van der Waals surface area contributed by atoms with Gasteiger partial charge in [-0.25, -0.2) is 14.4 Å². The van der Waals surface area contributed by atoms with E-state index in [2.05, 4.69) is 82.1 Å². The summed E-state index contributed by atoms with van der Waals surface area (Å²) in [5.41, 5.74) is 7.59. The van der Waals surface area contributed by atoms with Gasteiger partial charge in [-0.3, -0.25) is 9.59 Å². The summed E-state index contributed by atoms with van der Waals surface area (Å²) in [6.07, 6.45) is 11.8. The van der Waals surface area contributed by atoms with Crippen LogP contribution in [0.4, 0.5) is 27.1 Å². The van der Waals surface area contributed by atoms with Gasteiger partial charge in [-0.2, -0.15) is 10.2 Å². The van der Waals surface area contributed by atoms with Crippen LogP contribution in [-0.4, -0.2) is 68.1 Å². The molecule has 324 valence electrons. The number of hydrogen-bond acceptors (Lipinski definition) is 8. The first-order chi connectivity index (χ1) is 29.6. The summed E-state index contributed by atoms with van der Waals surface area (Å²) in [6, 6.07) is 14.1. The van der Waals surface area contributed by atoms with Crippen LogP contribution in [0, 0.1) is 5.82 Å². The largest absolute Gasteiger partial charge is 0.370 e. The zero-order valence-corrected chi connectivity index (χ0v) is 37.0. The number of rotatable bonds is 22. The van der Waals surface area contributed by atoms with Crippen LogP contribution in [-0.2, 0) is 6.42 Å². The minimum absolute atomic E-state index is 0.234. The van der Waals surface area contributed by atoms with Crippen LogP contribution in [0.1, 0.15) is 150 Å². The average Bonchev–Trinajstić information content (AvgIpc) is 3.88. The van der Waals surface area contributed by atoms with Crippen molar-refractivity contribution in [1.82, 2.24) is 30.1 Å². The summed E-state index contributed by atoms with van der Waals surface area (Å²) in [6.45, 7) is 17.6. The maximum Gasteiger partial charge on any atom is 0.257 e. The number of carbonyl (C=O) groups excluding carboxylic acids is 2. The second-order valence-electron chi connectivity index (χ2n) is 16.0. The van der Waals surface area contributed by atoms with E-state index in [-0.39, 0.29) is 11.5 Å². The molecule has 4 N–H and O–H groups in total. The molecule has 0 fully saturated rings. The number of H-pyrrole nitrogens is 2. The van der Waals surface area contributed by atoms with Crippen LogP contribution in [0.25, 0.3) is 22.1 Å². The van der Waals surface area contributed by atoms with E-state index in [9.17, 15) is 9.59 Å². The summed E-state index contributed by atoms with van der Waals surface area (Å²) in [5.74, 6) is 1.39. The van der Waals surface area contributed by atoms with E-state index in [0.717, 1.165) is 110 Å². The number of hydrogen-bond donors (Lipinski definition) is 4. The van der Waals surface area contributed by atoms with Gasteiger partial charge in [0.15, 0.2) is 0 Å². The Morgan fingerprint density at radius 2 is 1.15 bits per heavy atom. The summed E-state index contributed by atoms with van der Waals surface area (Å²) in [7, 11) is 0. The smallest absolute Gasteiger partial charge is 0.257 e. The lowest BCUT2D eigenvalue weighted by molar-refractivity contribution is 0.101. The summed E-state index contributed by atoms with van der Waals surface area (Å²) in [5, 5.41) is 13.9. The van der Waals surface area contributed by atoms with Crippen LogP contribution in [0.3, 0.4) is 0 Å². The van der Waals surface area contributed by atoms with Gasteiger partial charge in [0.25, 0.3) is 11.8 Å². The Morgan fingerprint density at radius 3 is 1.62 bits per heavy atom. The summed E-state index contributed by atoms with van der Waals surface area (Å²) < 4.78 is 15.4. The molecule has 12 nitrogen and oxygen atoms in total. The zero-order valence-electron chi connectivity index (χ0n) is 37.0. The number of aromatic amines is 2. The van der Waals surface area contributed by atoms with Gasteiger partial charge in [0.05, 0.1) is 62.8 Å². The Hall–Kier alpha value is -5.85. The number of nitrogens with one attached hydrogen (secondary N) is 4. The van der Waals surface area contributed by atoms with Gasteiger partial charge < -0.3 is 30.4 Å². The Kier molecular flexibility index (Phi) is 15.5. The molecule has 0 bridgehead atoms. The van der Waals surface area contributed by atoms with Gasteiger partial charge in [0, 0.05) is 43.6 Å². The molecule has 0 saturated heterocycles. The molecule has 0 radical (unpaired) electrons. The van der Waals surface area contributed by atoms with E-state index in [4.69, 9.17) is 9.97 Å². The van der Waals surface area contributed by atoms with E-state index in [1.54, 1.807) is 12.1 Å². The van der Waals surface area contributed by atoms with E-state index in [1.165, 1.54) is 24.5 Å². The van der Waals surface area contributed by atoms with Crippen molar-refractivity contribution in [2.24, 2.45) is 0 Å². The van der Waals surface area contributed by atoms with Crippen molar-refractivity contribution in [1.29, 1.82) is 0 Å². The molecule has 0 spiro atoms. The molecule has 61 heavy (non-hydrogen) atoms. The second kappa shape index (κ2) is 21.1. The van der Waals surface area contributed by atoms with Crippen molar-refractivity contribution < 1.29 is 14.0 Å². The fourth-order valence-corrected chi connectivity index (χ4v) is 8.49. The molecule has 3 aromatic heterocycles. The lowest BCUT2D eigenvalue weighted by atomic mass is 9.98. The van der Waals surface area contributed by atoms with E-state index < -0.39 is 11.7 Å². The number of fused-ring (bicyclic) bond motifs is 2. The number of benzene rings is 3. The minimum Gasteiger partial charge on any atom is -0.370 e. The molecule has 0 unspecified atom stereocenters. The molecular formula is C48H63FN10O2. The summed E-state index contributed by atoms with van der Waals surface area (Å²) in [4.78, 5) is 49.0. The van der Waals surface area contributed by atoms with E-state index >= 15 is 4.39 Å². The zero-order chi connectivity index (χ0) is 43.5. The van der Waals surface area contributed by atoms with Crippen LogP contribution in [0.5, 0.6) is 0 Å². The highest BCUT2D eigenvalue weighted by molar-refractivity contribution is 6.08. The van der Waals surface area contributed by atoms with Crippen LogP contribution >= 0.6 is 0 Å². The number of aromatic nitrogens is 6. The monoisotopic (exact) mass is 831 g/mol. The summed E-state index contributed by atoms with van der Waals surface area (Å²) >= 11 is 0. The predicted molar refractivity (Wildman–Crippen MR) is 247 cm³/mol. The van der Waals surface area contributed by atoms with Crippen LogP contribution in [0.15, 0.2) is 60.9 Å². The molecule has 0 saturated carbocycles. The molecule has 0 aliphatic rings. The maximum absolute atomic E-state index is 15.4. The predicted octanol–water partition coefficient (Wildman–Crippen LogP) is 11.2. The lowest BCUT2D eigenvalue weighted by Gasteiger charge is -2.26. The van der Waals surface area contributed by atoms with Gasteiger partial charge in [-0.1, -0.05) is 53.4 Å². The van der Waals surface area contributed by atoms with Gasteiger partial charge in [0.1, 0.15) is 17.5 Å². The first-order valence-corrected chi connectivity index (χ1v) is 22.4. The normalized spacial score (nSPS) is 11.6. The molecule has 2 amide bonds. The third-order valence-electron chi connectivity index (χ3n) is 11.6. The number of imidazole rings is 2. The highest BCUT2D eigenvalue weighted by Crippen LogP contribution is 2.36. The van der Waals surface area contributed by atoms with Crippen molar-refractivity contribution in [3.05, 3.63) is 95.1 Å². The first kappa shape index (κ1) is 44.7. The van der Waals surface area contributed by atoms with Crippen molar-refractivity contribution >= 4 is 56.6 Å². The van der Waals surface area contributed by atoms with Gasteiger partial charge in [0.2, 0.25) is 0 Å². The Bertz CT molecular complexity index is 2380. The average molecular weight is 831 g/mol. The Labute approximate surface area is 359 Å². The lowest BCUT2D eigenvalue weighted by Crippen LogP contribution is -2.27. The van der Waals surface area contributed by atoms with Gasteiger partial charge in [-0.05, 0) is 107 Å². The molecule has 3 heterocycles. The third kappa shape index (κ3) is 10.7.